The van der Waals surface area contributed by atoms with Crippen LogP contribution in [0.4, 0.5) is 11.8 Å². The molecule has 0 spiro atoms. The van der Waals surface area contributed by atoms with E-state index in [0.29, 0.717) is 36.5 Å². The standard InChI is InChI=1S/C11H20ClN5O2/c1-8(2)17(3-5-19-6-4-18)10-9(12)7-14-11(15-10)16-13/h7-8,18H,3-6,13H2,1-2H3,(H,14,15,16). The first-order chi connectivity index (χ1) is 9.10. The zero-order valence-electron chi connectivity index (χ0n) is 11.1. The Bertz CT molecular complexity index is 391. The molecular formula is C11H20ClN5O2. The van der Waals surface area contributed by atoms with E-state index in [1.54, 1.807) is 0 Å². The molecule has 0 bridgehead atoms. The molecule has 0 aliphatic heterocycles. The zero-order chi connectivity index (χ0) is 14.3. The van der Waals surface area contributed by atoms with Crippen LogP contribution < -0.4 is 16.2 Å². The SMILES string of the molecule is CC(C)N(CCOCCO)c1nc(NN)ncc1Cl. The molecular weight excluding hydrogens is 270 g/mol. The third-order valence-corrected chi connectivity index (χ3v) is 2.73. The lowest BCUT2D eigenvalue weighted by Gasteiger charge is -2.28. The Hall–Kier alpha value is -1.15. The predicted octanol–water partition coefficient (Wildman–Crippen LogP) is 0.639. The summed E-state index contributed by atoms with van der Waals surface area (Å²) in [5.74, 6) is 6.21. The number of rotatable bonds is 8. The van der Waals surface area contributed by atoms with E-state index in [1.807, 2.05) is 18.7 Å². The van der Waals surface area contributed by atoms with Crippen molar-refractivity contribution in [3.05, 3.63) is 11.2 Å². The normalized spacial score (nSPS) is 10.8. The second-order valence-electron chi connectivity index (χ2n) is 4.13. The highest BCUT2D eigenvalue weighted by Crippen LogP contribution is 2.25. The Morgan fingerprint density at radius 2 is 2.26 bits per heavy atom. The third kappa shape index (κ3) is 4.79. The Balaban J connectivity index is 2.80. The van der Waals surface area contributed by atoms with Crippen molar-refractivity contribution in [1.82, 2.24) is 9.97 Å². The summed E-state index contributed by atoms with van der Waals surface area (Å²) in [4.78, 5) is 10.2. The molecule has 0 aliphatic rings. The summed E-state index contributed by atoms with van der Waals surface area (Å²) in [6, 6.07) is 0.191. The first-order valence-corrected chi connectivity index (χ1v) is 6.42. The third-order valence-electron chi connectivity index (χ3n) is 2.46. The van der Waals surface area contributed by atoms with Crippen molar-refractivity contribution in [1.29, 1.82) is 0 Å². The molecule has 4 N–H and O–H groups in total. The first-order valence-electron chi connectivity index (χ1n) is 6.04. The van der Waals surface area contributed by atoms with Gasteiger partial charge in [-0.3, -0.25) is 5.43 Å². The lowest BCUT2D eigenvalue weighted by molar-refractivity contribution is 0.0960. The molecule has 0 atom stereocenters. The average molecular weight is 290 g/mol. The molecule has 1 aromatic rings. The van der Waals surface area contributed by atoms with Crippen LogP contribution >= 0.6 is 11.6 Å². The van der Waals surface area contributed by atoms with E-state index in [1.165, 1.54) is 6.20 Å². The summed E-state index contributed by atoms with van der Waals surface area (Å²) in [6.07, 6.45) is 1.50. The van der Waals surface area contributed by atoms with Crippen molar-refractivity contribution in [2.24, 2.45) is 5.84 Å². The minimum atomic E-state index is 0.0111. The van der Waals surface area contributed by atoms with Crippen LogP contribution in [-0.4, -0.2) is 47.5 Å². The fourth-order valence-electron chi connectivity index (χ4n) is 1.57. The number of aromatic nitrogens is 2. The number of aliphatic hydroxyl groups is 1. The van der Waals surface area contributed by atoms with E-state index in [-0.39, 0.29) is 12.6 Å². The van der Waals surface area contributed by atoms with Crippen LogP contribution in [0.25, 0.3) is 0 Å². The highest BCUT2D eigenvalue weighted by Gasteiger charge is 2.16. The molecule has 1 heterocycles. The average Bonchev–Trinajstić information content (AvgIpc) is 2.40. The van der Waals surface area contributed by atoms with Crippen LogP contribution in [0.3, 0.4) is 0 Å². The number of nitrogens with one attached hydrogen (secondary N) is 1. The lowest BCUT2D eigenvalue weighted by atomic mass is 10.3. The number of nitrogens with two attached hydrogens (primary N) is 1. The minimum absolute atomic E-state index is 0.0111. The molecule has 108 valence electrons. The van der Waals surface area contributed by atoms with Gasteiger partial charge in [0.2, 0.25) is 5.95 Å². The Kier molecular flexibility index (Phi) is 6.79. The van der Waals surface area contributed by atoms with E-state index >= 15 is 0 Å². The second kappa shape index (κ2) is 8.11. The topological polar surface area (TPSA) is 96.5 Å². The van der Waals surface area contributed by atoms with Gasteiger partial charge in [0.15, 0.2) is 5.82 Å². The highest BCUT2D eigenvalue weighted by atomic mass is 35.5. The molecule has 0 aromatic carbocycles. The minimum Gasteiger partial charge on any atom is -0.394 e. The largest absolute Gasteiger partial charge is 0.394 e. The maximum atomic E-state index is 8.67. The molecule has 0 radical (unpaired) electrons. The molecule has 7 nitrogen and oxygen atoms in total. The van der Waals surface area contributed by atoms with E-state index in [9.17, 15) is 0 Å². The first kappa shape index (κ1) is 15.9. The summed E-state index contributed by atoms with van der Waals surface area (Å²) in [5, 5.41) is 9.12. The molecule has 1 rings (SSSR count). The quantitative estimate of drug-likeness (QED) is 0.367. The van der Waals surface area contributed by atoms with Crippen molar-refractivity contribution < 1.29 is 9.84 Å². The van der Waals surface area contributed by atoms with Crippen molar-refractivity contribution in [2.75, 3.05) is 36.7 Å². The zero-order valence-corrected chi connectivity index (χ0v) is 11.9. The van der Waals surface area contributed by atoms with Gasteiger partial charge in [0.25, 0.3) is 0 Å². The second-order valence-corrected chi connectivity index (χ2v) is 4.54. The summed E-state index contributed by atoms with van der Waals surface area (Å²) < 4.78 is 5.26. The monoisotopic (exact) mass is 289 g/mol. The van der Waals surface area contributed by atoms with E-state index < -0.39 is 0 Å². The number of nitrogens with zero attached hydrogens (tertiary/aromatic N) is 3. The van der Waals surface area contributed by atoms with E-state index in [2.05, 4.69) is 15.4 Å². The maximum Gasteiger partial charge on any atom is 0.239 e. The summed E-state index contributed by atoms with van der Waals surface area (Å²) in [5.41, 5.74) is 2.39. The Morgan fingerprint density at radius 3 is 2.84 bits per heavy atom. The van der Waals surface area contributed by atoms with Crippen LogP contribution in [-0.2, 0) is 4.74 Å². The number of nitrogen functional groups attached to an aromatic ring is 1. The molecule has 0 fully saturated rings. The van der Waals surface area contributed by atoms with Crippen LogP contribution in [0.5, 0.6) is 0 Å². The molecule has 0 saturated carbocycles. The van der Waals surface area contributed by atoms with Gasteiger partial charge in [-0.2, -0.15) is 4.98 Å². The van der Waals surface area contributed by atoms with Crippen molar-refractivity contribution in [3.63, 3.8) is 0 Å². The number of anilines is 2. The fraction of sp³-hybridized carbons (Fsp3) is 0.636. The van der Waals surface area contributed by atoms with Gasteiger partial charge in [0.1, 0.15) is 5.02 Å². The van der Waals surface area contributed by atoms with Crippen LogP contribution in [0, 0.1) is 0 Å². The van der Waals surface area contributed by atoms with Crippen LogP contribution in [0.1, 0.15) is 13.8 Å². The Labute approximate surface area is 117 Å². The molecule has 0 saturated heterocycles. The van der Waals surface area contributed by atoms with Gasteiger partial charge >= 0.3 is 0 Å². The van der Waals surface area contributed by atoms with Gasteiger partial charge in [-0.1, -0.05) is 11.6 Å². The smallest absolute Gasteiger partial charge is 0.239 e. The van der Waals surface area contributed by atoms with Crippen molar-refractivity contribution >= 4 is 23.4 Å². The van der Waals surface area contributed by atoms with Gasteiger partial charge in [0, 0.05) is 12.6 Å². The highest BCUT2D eigenvalue weighted by molar-refractivity contribution is 6.32. The number of aliphatic hydroxyl groups excluding tert-OH is 1. The van der Waals surface area contributed by atoms with Crippen molar-refractivity contribution in [3.8, 4) is 0 Å². The molecule has 1 aromatic heterocycles. The number of hydrogen-bond donors (Lipinski definition) is 3. The summed E-state index contributed by atoms with van der Waals surface area (Å²) in [7, 11) is 0. The lowest BCUT2D eigenvalue weighted by Crippen LogP contribution is -2.35. The number of hydrazine groups is 1. The Morgan fingerprint density at radius 1 is 1.53 bits per heavy atom. The molecule has 0 amide bonds. The van der Waals surface area contributed by atoms with E-state index in [0.717, 1.165) is 0 Å². The number of halogens is 1. The predicted molar refractivity (Wildman–Crippen MR) is 75.2 cm³/mol. The van der Waals surface area contributed by atoms with Crippen LogP contribution in [0.15, 0.2) is 6.20 Å². The van der Waals surface area contributed by atoms with Gasteiger partial charge in [-0.05, 0) is 13.8 Å². The molecule has 0 unspecified atom stereocenters. The molecule has 19 heavy (non-hydrogen) atoms. The van der Waals surface area contributed by atoms with Crippen LogP contribution in [0.2, 0.25) is 5.02 Å². The fourth-order valence-corrected chi connectivity index (χ4v) is 1.77. The maximum absolute atomic E-state index is 8.67. The number of ether oxygens (including phenoxy) is 1. The van der Waals surface area contributed by atoms with Gasteiger partial charge in [-0.25, -0.2) is 10.8 Å². The number of hydrogen-bond acceptors (Lipinski definition) is 7. The van der Waals surface area contributed by atoms with Crippen molar-refractivity contribution in [2.45, 2.75) is 19.9 Å². The van der Waals surface area contributed by atoms with Gasteiger partial charge in [-0.15, -0.1) is 0 Å². The summed E-state index contributed by atoms with van der Waals surface area (Å²) in [6.45, 7) is 5.47. The summed E-state index contributed by atoms with van der Waals surface area (Å²) >= 11 is 6.12. The van der Waals surface area contributed by atoms with Gasteiger partial charge < -0.3 is 14.7 Å². The molecule has 8 heteroatoms. The van der Waals surface area contributed by atoms with E-state index in [4.69, 9.17) is 27.3 Å². The molecule has 0 aliphatic carbocycles. The van der Waals surface area contributed by atoms with Gasteiger partial charge in [0.05, 0.1) is 26.0 Å².